The van der Waals surface area contributed by atoms with Crippen LogP contribution in [0.1, 0.15) is 24.1 Å². The molecule has 2 N–H and O–H groups in total. The highest BCUT2D eigenvalue weighted by Crippen LogP contribution is 2.18. The lowest BCUT2D eigenvalue weighted by atomic mass is 9.98. The first-order valence-electron chi connectivity index (χ1n) is 6.75. The van der Waals surface area contributed by atoms with Crippen LogP contribution in [-0.2, 0) is 6.42 Å². The van der Waals surface area contributed by atoms with Crippen LogP contribution in [0.5, 0.6) is 0 Å². The number of rotatable bonds is 6. The minimum atomic E-state index is 0.0916. The van der Waals surface area contributed by atoms with E-state index in [1.807, 2.05) is 19.1 Å². The Labute approximate surface area is 115 Å². The number of hydrogen-bond acceptors (Lipinski definition) is 2. The maximum absolute atomic E-state index is 9.23. The van der Waals surface area contributed by atoms with Crippen LogP contribution >= 0.6 is 0 Å². The van der Waals surface area contributed by atoms with E-state index in [1.54, 1.807) is 0 Å². The maximum Gasteiger partial charge on any atom is 0.0582 e. The van der Waals surface area contributed by atoms with Gasteiger partial charge in [0.1, 0.15) is 0 Å². The summed E-state index contributed by atoms with van der Waals surface area (Å²) >= 11 is 0. The zero-order valence-corrected chi connectivity index (χ0v) is 11.3. The molecule has 0 aliphatic carbocycles. The Balaban J connectivity index is 2.15. The van der Waals surface area contributed by atoms with E-state index in [-0.39, 0.29) is 18.7 Å². The van der Waals surface area contributed by atoms with Gasteiger partial charge in [0.05, 0.1) is 6.61 Å². The molecule has 2 nitrogen and oxygen atoms in total. The average Bonchev–Trinajstić information content (AvgIpc) is 2.48. The molecule has 0 unspecified atom stereocenters. The molecule has 2 heteroatoms. The van der Waals surface area contributed by atoms with Crippen LogP contribution in [0.15, 0.2) is 60.7 Å². The molecule has 100 valence electrons. The molecule has 0 bridgehead atoms. The van der Waals surface area contributed by atoms with Crippen molar-refractivity contribution >= 4 is 0 Å². The molecule has 19 heavy (non-hydrogen) atoms. The Bertz CT molecular complexity index is 469. The van der Waals surface area contributed by atoms with Gasteiger partial charge in [0.15, 0.2) is 0 Å². The van der Waals surface area contributed by atoms with Gasteiger partial charge >= 0.3 is 0 Å². The van der Waals surface area contributed by atoms with E-state index in [4.69, 9.17) is 0 Å². The monoisotopic (exact) mass is 255 g/mol. The quantitative estimate of drug-likeness (QED) is 0.832. The second-order valence-electron chi connectivity index (χ2n) is 4.90. The average molecular weight is 255 g/mol. The van der Waals surface area contributed by atoms with Crippen molar-refractivity contribution in [2.75, 3.05) is 6.61 Å². The van der Waals surface area contributed by atoms with Crippen LogP contribution in [0, 0.1) is 0 Å². The van der Waals surface area contributed by atoms with Crippen molar-refractivity contribution in [1.82, 2.24) is 5.32 Å². The van der Waals surface area contributed by atoms with Crippen LogP contribution in [0.3, 0.4) is 0 Å². The van der Waals surface area contributed by atoms with E-state index in [1.165, 1.54) is 11.1 Å². The van der Waals surface area contributed by atoms with Crippen molar-refractivity contribution in [3.8, 4) is 0 Å². The topological polar surface area (TPSA) is 32.3 Å². The molecular weight excluding hydrogens is 234 g/mol. The summed E-state index contributed by atoms with van der Waals surface area (Å²) in [5.41, 5.74) is 2.56. The first-order chi connectivity index (χ1) is 9.29. The number of aliphatic hydroxyl groups is 1. The zero-order valence-electron chi connectivity index (χ0n) is 11.3. The van der Waals surface area contributed by atoms with Crippen molar-refractivity contribution in [2.24, 2.45) is 0 Å². The SMILES string of the molecule is C[C@H](CO)N[C@@H](Cc1ccccc1)c1ccccc1. The summed E-state index contributed by atoms with van der Waals surface area (Å²) in [7, 11) is 0. The van der Waals surface area contributed by atoms with Crippen molar-refractivity contribution < 1.29 is 5.11 Å². The third-order valence-electron chi connectivity index (χ3n) is 3.24. The lowest BCUT2D eigenvalue weighted by Crippen LogP contribution is -2.34. The second-order valence-corrected chi connectivity index (χ2v) is 4.90. The predicted octanol–water partition coefficient (Wildman–Crippen LogP) is 2.94. The number of hydrogen-bond donors (Lipinski definition) is 2. The van der Waals surface area contributed by atoms with E-state index in [0.717, 1.165) is 6.42 Å². The Hall–Kier alpha value is -1.64. The van der Waals surface area contributed by atoms with Gasteiger partial charge in [0.2, 0.25) is 0 Å². The van der Waals surface area contributed by atoms with E-state index < -0.39 is 0 Å². The normalized spacial score (nSPS) is 14.0. The fourth-order valence-corrected chi connectivity index (χ4v) is 2.20. The molecule has 0 spiro atoms. The van der Waals surface area contributed by atoms with Gasteiger partial charge in [-0.2, -0.15) is 0 Å². The fourth-order valence-electron chi connectivity index (χ4n) is 2.20. The summed E-state index contributed by atoms with van der Waals surface area (Å²) < 4.78 is 0. The van der Waals surface area contributed by atoms with E-state index in [9.17, 15) is 5.11 Å². The van der Waals surface area contributed by atoms with Crippen molar-refractivity contribution in [1.29, 1.82) is 0 Å². The zero-order chi connectivity index (χ0) is 13.5. The Morgan fingerprint density at radius 2 is 1.53 bits per heavy atom. The van der Waals surface area contributed by atoms with Gasteiger partial charge in [-0.1, -0.05) is 60.7 Å². The van der Waals surface area contributed by atoms with Gasteiger partial charge < -0.3 is 10.4 Å². The molecule has 0 saturated heterocycles. The van der Waals surface area contributed by atoms with Crippen LogP contribution < -0.4 is 5.32 Å². The minimum Gasteiger partial charge on any atom is -0.395 e. The number of nitrogens with one attached hydrogen (secondary N) is 1. The summed E-state index contributed by atoms with van der Waals surface area (Å²) in [6.45, 7) is 2.15. The molecule has 0 heterocycles. The molecule has 0 amide bonds. The van der Waals surface area contributed by atoms with Gasteiger partial charge in [-0.15, -0.1) is 0 Å². The highest BCUT2D eigenvalue weighted by atomic mass is 16.3. The summed E-state index contributed by atoms with van der Waals surface area (Å²) in [6, 6.07) is 21.2. The van der Waals surface area contributed by atoms with Crippen LogP contribution in [-0.4, -0.2) is 17.8 Å². The summed E-state index contributed by atoms with van der Waals surface area (Å²) in [5, 5.41) is 12.7. The summed E-state index contributed by atoms with van der Waals surface area (Å²) in [6.07, 6.45) is 0.926. The highest BCUT2D eigenvalue weighted by Gasteiger charge is 2.14. The molecule has 0 aromatic heterocycles. The molecule has 2 atom stereocenters. The molecule has 2 aromatic rings. The first kappa shape index (κ1) is 13.8. The van der Waals surface area contributed by atoms with Crippen molar-refractivity contribution in [3.05, 3.63) is 71.8 Å². The van der Waals surface area contributed by atoms with Crippen LogP contribution in [0.25, 0.3) is 0 Å². The van der Waals surface area contributed by atoms with E-state index in [2.05, 4.69) is 53.8 Å². The number of benzene rings is 2. The third kappa shape index (κ3) is 4.19. The number of aliphatic hydroxyl groups excluding tert-OH is 1. The molecule has 0 aliphatic heterocycles. The maximum atomic E-state index is 9.23. The Morgan fingerprint density at radius 3 is 2.11 bits per heavy atom. The highest BCUT2D eigenvalue weighted by molar-refractivity contribution is 5.23. The molecule has 0 radical (unpaired) electrons. The Morgan fingerprint density at radius 1 is 0.947 bits per heavy atom. The summed E-state index contributed by atoms with van der Waals surface area (Å²) in [5.74, 6) is 0. The van der Waals surface area contributed by atoms with E-state index >= 15 is 0 Å². The van der Waals surface area contributed by atoms with Crippen molar-refractivity contribution in [2.45, 2.75) is 25.4 Å². The van der Waals surface area contributed by atoms with Crippen molar-refractivity contribution in [3.63, 3.8) is 0 Å². The van der Waals surface area contributed by atoms with Crippen LogP contribution in [0.2, 0.25) is 0 Å². The predicted molar refractivity (Wildman–Crippen MR) is 79.0 cm³/mol. The smallest absolute Gasteiger partial charge is 0.0582 e. The fraction of sp³-hybridized carbons (Fsp3) is 0.294. The molecule has 0 saturated carbocycles. The van der Waals surface area contributed by atoms with Gasteiger partial charge in [-0.05, 0) is 24.5 Å². The first-order valence-corrected chi connectivity index (χ1v) is 6.75. The molecular formula is C17H21NO. The second kappa shape index (κ2) is 7.07. The van der Waals surface area contributed by atoms with Crippen LogP contribution in [0.4, 0.5) is 0 Å². The van der Waals surface area contributed by atoms with E-state index in [0.29, 0.717) is 0 Å². The minimum absolute atomic E-state index is 0.0916. The van der Waals surface area contributed by atoms with Gasteiger partial charge in [-0.25, -0.2) is 0 Å². The van der Waals surface area contributed by atoms with Gasteiger partial charge in [-0.3, -0.25) is 0 Å². The largest absolute Gasteiger partial charge is 0.395 e. The standard InChI is InChI=1S/C17H21NO/c1-14(13-19)18-17(16-10-6-3-7-11-16)12-15-8-4-2-5-9-15/h2-11,14,17-19H,12-13H2,1H3/t14-,17+/m1/s1. The lowest BCUT2D eigenvalue weighted by molar-refractivity contribution is 0.240. The molecule has 0 aliphatic rings. The Kier molecular flexibility index (Phi) is 5.13. The third-order valence-corrected chi connectivity index (χ3v) is 3.24. The molecule has 0 fully saturated rings. The van der Waals surface area contributed by atoms with Gasteiger partial charge in [0.25, 0.3) is 0 Å². The molecule has 2 aromatic carbocycles. The lowest BCUT2D eigenvalue weighted by Gasteiger charge is -2.23. The summed E-state index contributed by atoms with van der Waals surface area (Å²) in [4.78, 5) is 0. The molecule has 2 rings (SSSR count). The van der Waals surface area contributed by atoms with Gasteiger partial charge in [0, 0.05) is 12.1 Å².